The van der Waals surface area contributed by atoms with Crippen molar-refractivity contribution < 1.29 is 24.5 Å². The molecule has 0 bridgehead atoms. The number of carbonyl (C=O) groups is 1. The number of amides is 1. The zero-order valence-corrected chi connectivity index (χ0v) is 26.5. The Hall–Kier alpha value is -4.72. The molecule has 2 aliphatic rings. The average molecular weight is 631 g/mol. The van der Waals surface area contributed by atoms with E-state index >= 15 is 0 Å². The molecule has 47 heavy (non-hydrogen) atoms. The maximum Gasteiger partial charge on any atom is 0.252 e. The lowest BCUT2D eigenvalue weighted by molar-refractivity contribution is -0.130. The fraction of sp³-hybridized carbons (Fsp3) is 0.300. The van der Waals surface area contributed by atoms with Crippen LogP contribution < -0.4 is 10.1 Å². The van der Waals surface area contributed by atoms with Crippen molar-refractivity contribution in [2.24, 2.45) is 4.99 Å². The van der Waals surface area contributed by atoms with Gasteiger partial charge in [-0.3, -0.25) is 4.79 Å². The first-order valence-electron chi connectivity index (χ1n) is 16.5. The number of aliphatic hydroxyl groups excluding tert-OH is 2. The van der Waals surface area contributed by atoms with Gasteiger partial charge >= 0.3 is 0 Å². The first-order chi connectivity index (χ1) is 23.0. The fourth-order valence-electron chi connectivity index (χ4n) is 6.27. The fourth-order valence-corrected chi connectivity index (χ4v) is 6.27. The lowest BCUT2D eigenvalue weighted by Crippen LogP contribution is -2.52. The van der Waals surface area contributed by atoms with Gasteiger partial charge in [0.15, 0.2) is 11.6 Å². The van der Waals surface area contributed by atoms with E-state index < -0.39 is 11.6 Å². The van der Waals surface area contributed by atoms with E-state index in [1.807, 2.05) is 97.1 Å². The predicted molar refractivity (Wildman–Crippen MR) is 185 cm³/mol. The van der Waals surface area contributed by atoms with E-state index in [0.29, 0.717) is 56.8 Å². The van der Waals surface area contributed by atoms with Crippen LogP contribution in [-0.2, 0) is 9.53 Å². The van der Waals surface area contributed by atoms with Crippen LogP contribution in [0.2, 0.25) is 0 Å². The van der Waals surface area contributed by atoms with Crippen LogP contribution in [0.4, 0.5) is 0 Å². The van der Waals surface area contributed by atoms with Crippen molar-refractivity contribution in [3.05, 3.63) is 132 Å². The summed E-state index contributed by atoms with van der Waals surface area (Å²) in [5.74, 6) is 0.891. The zero-order valence-electron chi connectivity index (χ0n) is 26.5. The van der Waals surface area contributed by atoms with Gasteiger partial charge in [0.05, 0.1) is 12.7 Å². The molecular weight excluding hydrogens is 588 g/mol. The van der Waals surface area contributed by atoms with Crippen LogP contribution in [0, 0.1) is 0 Å². The molecule has 2 atom stereocenters. The molecule has 1 aliphatic carbocycles. The minimum atomic E-state index is -1.28. The van der Waals surface area contributed by atoms with Gasteiger partial charge in [-0.25, -0.2) is 4.99 Å². The second kappa shape index (κ2) is 15.2. The second-order valence-electron chi connectivity index (χ2n) is 12.3. The quantitative estimate of drug-likeness (QED) is 0.148. The SMILES string of the molecule is O=C(NC1CCC(O)CC1)[C@]1(C/C=C/c2ccccc2)N=C(c2ccc(OCCCO)cc2)O[C@@H]1c1ccc(-c2ccccc2)cc1. The minimum absolute atomic E-state index is 0.0448. The van der Waals surface area contributed by atoms with Gasteiger partial charge in [0, 0.05) is 31.1 Å². The molecule has 6 rings (SSSR count). The molecule has 3 N–H and O–H groups in total. The second-order valence-corrected chi connectivity index (χ2v) is 12.3. The van der Waals surface area contributed by atoms with Crippen LogP contribution in [0.1, 0.15) is 61.3 Å². The molecule has 0 aromatic heterocycles. The molecule has 1 aliphatic heterocycles. The van der Waals surface area contributed by atoms with E-state index in [9.17, 15) is 9.90 Å². The Kier molecular flexibility index (Phi) is 10.5. The Labute approximate surface area is 276 Å². The number of aliphatic imine (C=N–C) groups is 1. The van der Waals surface area contributed by atoms with Crippen LogP contribution in [0.15, 0.2) is 120 Å². The van der Waals surface area contributed by atoms with E-state index in [4.69, 9.17) is 19.6 Å². The van der Waals surface area contributed by atoms with E-state index in [1.54, 1.807) is 0 Å². The van der Waals surface area contributed by atoms with Gasteiger partial charge in [-0.15, -0.1) is 0 Å². The summed E-state index contributed by atoms with van der Waals surface area (Å²) in [7, 11) is 0. The summed E-state index contributed by atoms with van der Waals surface area (Å²) in [6, 6.07) is 35.8. The van der Waals surface area contributed by atoms with E-state index in [0.717, 1.165) is 27.8 Å². The van der Waals surface area contributed by atoms with E-state index in [-0.39, 0.29) is 24.7 Å². The molecule has 242 valence electrons. The molecule has 0 saturated heterocycles. The van der Waals surface area contributed by atoms with Crippen LogP contribution in [0.3, 0.4) is 0 Å². The Morgan fingerprint density at radius 1 is 0.851 bits per heavy atom. The van der Waals surface area contributed by atoms with Crippen molar-refractivity contribution in [1.82, 2.24) is 5.32 Å². The summed E-state index contributed by atoms with van der Waals surface area (Å²) in [4.78, 5) is 19.7. The molecule has 1 heterocycles. The molecule has 4 aromatic carbocycles. The number of hydrogen-bond acceptors (Lipinski definition) is 6. The van der Waals surface area contributed by atoms with Crippen molar-refractivity contribution in [2.75, 3.05) is 13.2 Å². The Morgan fingerprint density at radius 3 is 2.17 bits per heavy atom. The van der Waals surface area contributed by atoms with Crippen LogP contribution in [-0.4, -0.2) is 52.9 Å². The molecule has 7 nitrogen and oxygen atoms in total. The molecule has 1 fully saturated rings. The largest absolute Gasteiger partial charge is 0.494 e. The van der Waals surface area contributed by atoms with Crippen molar-refractivity contribution in [3.63, 3.8) is 0 Å². The normalized spacial score (nSPS) is 22.4. The topological polar surface area (TPSA) is 100 Å². The van der Waals surface area contributed by atoms with Crippen molar-refractivity contribution >= 4 is 17.9 Å². The van der Waals surface area contributed by atoms with E-state index in [2.05, 4.69) is 29.6 Å². The van der Waals surface area contributed by atoms with Crippen LogP contribution in [0.5, 0.6) is 5.75 Å². The first-order valence-corrected chi connectivity index (χ1v) is 16.5. The molecule has 1 amide bonds. The summed E-state index contributed by atoms with van der Waals surface area (Å²) >= 11 is 0. The monoisotopic (exact) mass is 630 g/mol. The summed E-state index contributed by atoms with van der Waals surface area (Å²) in [6.45, 7) is 0.490. The highest BCUT2D eigenvalue weighted by molar-refractivity contribution is 6.01. The lowest BCUT2D eigenvalue weighted by atomic mass is 9.83. The van der Waals surface area contributed by atoms with Gasteiger partial charge < -0.3 is 25.0 Å². The third kappa shape index (κ3) is 7.81. The number of hydrogen-bond donors (Lipinski definition) is 3. The zero-order chi connectivity index (χ0) is 32.5. The molecule has 1 saturated carbocycles. The maximum atomic E-state index is 14.6. The first kappa shape index (κ1) is 32.2. The van der Waals surface area contributed by atoms with Crippen molar-refractivity contribution in [1.29, 1.82) is 0 Å². The van der Waals surface area contributed by atoms with Gasteiger partial charge in [-0.05, 0) is 72.2 Å². The Morgan fingerprint density at radius 2 is 1.49 bits per heavy atom. The molecule has 7 heteroatoms. The standard InChI is InChI=1S/C40H42N2O5/c43-27-8-28-46-36-24-18-33(19-25-36)38-42-40(26-7-11-29-9-3-1-4-10-29,39(45)41-34-20-22-35(44)23-21-34)37(47-38)32-16-14-31(15-17-32)30-12-5-2-6-13-30/h1-7,9-19,24-25,34-35,37,43-44H,8,20-23,26-28H2,(H,41,45)/b11-7+/t34?,35?,37-,40-/m1/s1. The van der Waals surface area contributed by atoms with Crippen molar-refractivity contribution in [2.45, 2.75) is 62.3 Å². The molecule has 0 radical (unpaired) electrons. The number of rotatable bonds is 12. The summed E-state index contributed by atoms with van der Waals surface area (Å²) < 4.78 is 12.4. The van der Waals surface area contributed by atoms with Gasteiger partial charge in [0.25, 0.3) is 5.91 Å². The summed E-state index contributed by atoms with van der Waals surface area (Å²) in [6.07, 6.45) is 6.66. The average Bonchev–Trinajstić information content (AvgIpc) is 3.51. The summed E-state index contributed by atoms with van der Waals surface area (Å²) in [5, 5.41) is 22.5. The van der Waals surface area contributed by atoms with Crippen molar-refractivity contribution in [3.8, 4) is 16.9 Å². The highest BCUT2D eigenvalue weighted by Gasteiger charge is 2.53. The number of ether oxygens (including phenoxy) is 2. The highest BCUT2D eigenvalue weighted by atomic mass is 16.5. The number of aliphatic hydroxyl groups is 2. The number of carbonyl (C=O) groups excluding carboxylic acids is 1. The van der Waals surface area contributed by atoms with Gasteiger partial charge in [-0.2, -0.15) is 0 Å². The van der Waals surface area contributed by atoms with Gasteiger partial charge in [-0.1, -0.05) is 97.1 Å². The minimum Gasteiger partial charge on any atom is -0.494 e. The molecule has 4 aromatic rings. The number of nitrogens with zero attached hydrogens (tertiary/aromatic N) is 1. The molecule has 0 spiro atoms. The highest BCUT2D eigenvalue weighted by Crippen LogP contribution is 2.43. The smallest absolute Gasteiger partial charge is 0.252 e. The van der Waals surface area contributed by atoms with Crippen LogP contribution in [0.25, 0.3) is 17.2 Å². The van der Waals surface area contributed by atoms with E-state index in [1.165, 1.54) is 0 Å². The number of benzene rings is 4. The van der Waals surface area contributed by atoms with Crippen LogP contribution >= 0.6 is 0 Å². The summed E-state index contributed by atoms with van der Waals surface area (Å²) in [5.41, 5.74) is 3.54. The predicted octanol–water partition coefficient (Wildman–Crippen LogP) is 6.89. The third-order valence-electron chi connectivity index (χ3n) is 8.92. The van der Waals surface area contributed by atoms with Gasteiger partial charge in [0.1, 0.15) is 5.75 Å². The Bertz CT molecular complexity index is 1650. The molecular formula is C40H42N2O5. The third-order valence-corrected chi connectivity index (χ3v) is 8.92. The lowest BCUT2D eigenvalue weighted by Gasteiger charge is -2.33. The number of nitrogens with one attached hydrogen (secondary N) is 1. The maximum absolute atomic E-state index is 14.6. The Balaban J connectivity index is 1.37. The molecule has 0 unspecified atom stereocenters. The van der Waals surface area contributed by atoms with Gasteiger partial charge in [0.2, 0.25) is 5.90 Å².